The number of benzene rings is 1. The maximum atomic E-state index is 11.9. The molecule has 2 aromatic rings. The standard InChI is InChI=1S/C14H15ClN2O2/c1-3-19-14(18)11-8(2)17-13(12(11)16)9-6-4-5-7-10(9)15/h4-7,17H,3,16H2,1-2H3. The second-order valence-electron chi connectivity index (χ2n) is 4.11. The summed E-state index contributed by atoms with van der Waals surface area (Å²) in [5, 5.41) is 0.575. The first kappa shape index (κ1) is 13.5. The van der Waals surface area contributed by atoms with Crippen molar-refractivity contribution in [2.24, 2.45) is 0 Å². The summed E-state index contributed by atoms with van der Waals surface area (Å²) in [6.07, 6.45) is 0. The van der Waals surface area contributed by atoms with Gasteiger partial charge in [-0.3, -0.25) is 0 Å². The number of aromatic amines is 1. The lowest BCUT2D eigenvalue weighted by molar-refractivity contribution is 0.0527. The molecule has 1 aromatic heterocycles. The molecule has 5 heteroatoms. The van der Waals surface area contributed by atoms with E-state index in [4.69, 9.17) is 22.1 Å². The molecule has 0 spiro atoms. The number of aromatic nitrogens is 1. The van der Waals surface area contributed by atoms with Crippen LogP contribution in [0.15, 0.2) is 24.3 Å². The quantitative estimate of drug-likeness (QED) is 0.846. The molecule has 0 atom stereocenters. The minimum atomic E-state index is -0.424. The fraction of sp³-hybridized carbons (Fsp3) is 0.214. The third kappa shape index (κ3) is 2.44. The molecule has 100 valence electrons. The molecule has 19 heavy (non-hydrogen) atoms. The maximum Gasteiger partial charge on any atom is 0.342 e. The normalized spacial score (nSPS) is 10.5. The zero-order valence-corrected chi connectivity index (χ0v) is 11.5. The van der Waals surface area contributed by atoms with E-state index in [1.165, 1.54) is 0 Å². The molecule has 0 amide bonds. The Hall–Kier alpha value is -1.94. The molecule has 0 saturated heterocycles. The SMILES string of the molecule is CCOC(=O)c1c(C)[nH]c(-c2ccccc2Cl)c1N. The van der Waals surface area contributed by atoms with E-state index in [1.54, 1.807) is 19.9 Å². The van der Waals surface area contributed by atoms with Gasteiger partial charge >= 0.3 is 5.97 Å². The van der Waals surface area contributed by atoms with Gasteiger partial charge in [-0.15, -0.1) is 0 Å². The molecule has 1 aromatic carbocycles. The fourth-order valence-electron chi connectivity index (χ4n) is 1.99. The summed E-state index contributed by atoms with van der Waals surface area (Å²) in [5.74, 6) is -0.424. The Bertz CT molecular complexity index is 620. The van der Waals surface area contributed by atoms with Gasteiger partial charge in [0.25, 0.3) is 0 Å². The Morgan fingerprint density at radius 1 is 1.42 bits per heavy atom. The summed E-state index contributed by atoms with van der Waals surface area (Å²) < 4.78 is 5.00. The van der Waals surface area contributed by atoms with E-state index in [0.717, 1.165) is 5.56 Å². The van der Waals surface area contributed by atoms with Crippen molar-refractivity contribution in [1.82, 2.24) is 4.98 Å². The third-order valence-corrected chi connectivity index (χ3v) is 3.18. The van der Waals surface area contributed by atoms with Gasteiger partial charge < -0.3 is 15.5 Å². The van der Waals surface area contributed by atoms with Crippen LogP contribution in [0, 0.1) is 6.92 Å². The molecule has 0 unspecified atom stereocenters. The number of nitrogens with one attached hydrogen (secondary N) is 1. The Morgan fingerprint density at radius 2 is 2.11 bits per heavy atom. The van der Waals surface area contributed by atoms with Crippen molar-refractivity contribution in [2.45, 2.75) is 13.8 Å². The number of ether oxygens (including phenoxy) is 1. The average Bonchev–Trinajstić information content (AvgIpc) is 2.66. The van der Waals surface area contributed by atoms with Crippen molar-refractivity contribution in [3.63, 3.8) is 0 Å². The topological polar surface area (TPSA) is 68.1 Å². The highest BCUT2D eigenvalue weighted by Gasteiger charge is 2.21. The molecule has 0 saturated carbocycles. The fourth-order valence-corrected chi connectivity index (χ4v) is 2.22. The number of aryl methyl sites for hydroxylation is 1. The van der Waals surface area contributed by atoms with Crippen LogP contribution in [0.4, 0.5) is 5.69 Å². The van der Waals surface area contributed by atoms with Crippen LogP contribution in [0.5, 0.6) is 0 Å². The van der Waals surface area contributed by atoms with E-state index in [-0.39, 0.29) is 0 Å². The summed E-state index contributed by atoms with van der Waals surface area (Å²) >= 11 is 6.14. The number of hydrogen-bond acceptors (Lipinski definition) is 3. The summed E-state index contributed by atoms with van der Waals surface area (Å²) in [6.45, 7) is 3.85. The van der Waals surface area contributed by atoms with Gasteiger partial charge in [-0.2, -0.15) is 0 Å². The van der Waals surface area contributed by atoms with Crippen molar-refractivity contribution in [3.8, 4) is 11.3 Å². The van der Waals surface area contributed by atoms with Gasteiger partial charge in [-0.1, -0.05) is 29.8 Å². The van der Waals surface area contributed by atoms with Gasteiger partial charge in [0.2, 0.25) is 0 Å². The highest BCUT2D eigenvalue weighted by molar-refractivity contribution is 6.33. The lowest BCUT2D eigenvalue weighted by atomic mass is 10.1. The zero-order chi connectivity index (χ0) is 14.0. The lowest BCUT2D eigenvalue weighted by Crippen LogP contribution is -2.07. The zero-order valence-electron chi connectivity index (χ0n) is 10.8. The van der Waals surface area contributed by atoms with Crippen LogP contribution in [0.1, 0.15) is 23.0 Å². The first-order valence-electron chi connectivity index (χ1n) is 5.96. The Morgan fingerprint density at radius 3 is 2.74 bits per heavy atom. The number of rotatable bonds is 3. The van der Waals surface area contributed by atoms with Crippen LogP contribution in [0.2, 0.25) is 5.02 Å². The van der Waals surface area contributed by atoms with Crippen LogP contribution < -0.4 is 5.73 Å². The molecular formula is C14H15ClN2O2. The number of anilines is 1. The van der Waals surface area contributed by atoms with Gasteiger partial charge in [-0.05, 0) is 19.9 Å². The number of carbonyl (C=O) groups excluding carboxylic acids is 1. The number of H-pyrrole nitrogens is 1. The van der Waals surface area contributed by atoms with E-state index in [0.29, 0.717) is 34.3 Å². The summed E-state index contributed by atoms with van der Waals surface area (Å²) in [6, 6.07) is 7.32. The van der Waals surface area contributed by atoms with Crippen molar-refractivity contribution >= 4 is 23.3 Å². The van der Waals surface area contributed by atoms with Gasteiger partial charge in [0.15, 0.2) is 0 Å². The summed E-state index contributed by atoms with van der Waals surface area (Å²) in [4.78, 5) is 15.0. The monoisotopic (exact) mass is 278 g/mol. The van der Waals surface area contributed by atoms with Crippen LogP contribution >= 0.6 is 11.6 Å². The van der Waals surface area contributed by atoms with Crippen LogP contribution in [-0.4, -0.2) is 17.6 Å². The number of halogens is 1. The third-order valence-electron chi connectivity index (χ3n) is 2.85. The highest BCUT2D eigenvalue weighted by atomic mass is 35.5. The Balaban J connectivity index is 2.54. The highest BCUT2D eigenvalue weighted by Crippen LogP contribution is 2.34. The van der Waals surface area contributed by atoms with Crippen molar-refractivity contribution in [1.29, 1.82) is 0 Å². The van der Waals surface area contributed by atoms with E-state index in [1.807, 2.05) is 18.2 Å². The summed E-state index contributed by atoms with van der Waals surface area (Å²) in [5.41, 5.74) is 8.86. The van der Waals surface area contributed by atoms with Crippen molar-refractivity contribution < 1.29 is 9.53 Å². The molecule has 1 heterocycles. The lowest BCUT2D eigenvalue weighted by Gasteiger charge is -2.04. The van der Waals surface area contributed by atoms with Crippen LogP contribution in [0.25, 0.3) is 11.3 Å². The minimum Gasteiger partial charge on any atom is -0.462 e. The van der Waals surface area contributed by atoms with Crippen molar-refractivity contribution in [3.05, 3.63) is 40.5 Å². The maximum absolute atomic E-state index is 11.9. The van der Waals surface area contributed by atoms with Gasteiger partial charge in [0, 0.05) is 16.3 Å². The van der Waals surface area contributed by atoms with Crippen molar-refractivity contribution in [2.75, 3.05) is 12.3 Å². The van der Waals surface area contributed by atoms with E-state index < -0.39 is 5.97 Å². The van der Waals surface area contributed by atoms with Gasteiger partial charge in [0.05, 0.1) is 18.0 Å². The largest absolute Gasteiger partial charge is 0.462 e. The van der Waals surface area contributed by atoms with E-state index in [9.17, 15) is 4.79 Å². The molecule has 0 fully saturated rings. The second-order valence-corrected chi connectivity index (χ2v) is 4.52. The first-order chi connectivity index (χ1) is 9.06. The Labute approximate surface area is 116 Å². The summed E-state index contributed by atoms with van der Waals surface area (Å²) in [7, 11) is 0. The molecule has 0 aliphatic heterocycles. The first-order valence-corrected chi connectivity index (χ1v) is 6.34. The predicted molar refractivity (Wildman–Crippen MR) is 76.3 cm³/mol. The van der Waals surface area contributed by atoms with E-state index in [2.05, 4.69) is 4.98 Å². The predicted octanol–water partition coefficient (Wildman–Crippen LogP) is 3.40. The molecule has 2 rings (SSSR count). The second kappa shape index (κ2) is 5.36. The molecule has 0 aliphatic carbocycles. The Kier molecular flexibility index (Phi) is 3.81. The average molecular weight is 279 g/mol. The molecule has 3 N–H and O–H groups in total. The molecule has 0 aliphatic rings. The minimum absolute atomic E-state index is 0.310. The molecular weight excluding hydrogens is 264 g/mol. The number of esters is 1. The van der Waals surface area contributed by atoms with Crippen LogP contribution in [-0.2, 0) is 4.74 Å². The van der Waals surface area contributed by atoms with Gasteiger partial charge in [-0.25, -0.2) is 4.79 Å². The molecule has 4 nitrogen and oxygen atoms in total. The number of nitrogen functional groups attached to an aromatic ring is 1. The number of nitrogens with two attached hydrogens (primary N) is 1. The van der Waals surface area contributed by atoms with E-state index >= 15 is 0 Å². The number of hydrogen-bond donors (Lipinski definition) is 2. The number of carbonyl (C=O) groups is 1. The molecule has 0 radical (unpaired) electrons. The van der Waals surface area contributed by atoms with Crippen LogP contribution in [0.3, 0.4) is 0 Å². The van der Waals surface area contributed by atoms with Gasteiger partial charge in [0.1, 0.15) is 5.56 Å². The molecule has 0 bridgehead atoms. The smallest absolute Gasteiger partial charge is 0.342 e.